The maximum atomic E-state index is 12.6. The number of fused-ring (bicyclic) bond motifs is 1. The smallest absolute Gasteiger partial charge is 0.267 e. The molecular weight excluding hydrogens is 306 g/mol. The molecule has 0 saturated heterocycles. The summed E-state index contributed by atoms with van der Waals surface area (Å²) < 4.78 is 26.1. The molecule has 7 nitrogen and oxygen atoms in total. The Balaban J connectivity index is 2.38. The third kappa shape index (κ3) is 1.73. The molecule has 1 aliphatic rings. The van der Waals surface area contributed by atoms with E-state index in [1.54, 1.807) is 24.3 Å². The predicted molar refractivity (Wildman–Crippen MR) is 81.3 cm³/mol. The van der Waals surface area contributed by atoms with E-state index in [0.717, 1.165) is 4.68 Å². The number of para-hydroxylation sites is 1. The number of aromatic nitrogens is 2. The van der Waals surface area contributed by atoms with Gasteiger partial charge >= 0.3 is 0 Å². The van der Waals surface area contributed by atoms with Gasteiger partial charge in [0.1, 0.15) is 5.82 Å². The Morgan fingerprint density at radius 2 is 1.68 bits per heavy atom. The lowest BCUT2D eigenvalue weighted by molar-refractivity contribution is -0.115. The van der Waals surface area contributed by atoms with Crippen molar-refractivity contribution in [3.8, 4) is 0 Å². The van der Waals surface area contributed by atoms with Gasteiger partial charge in [-0.25, -0.2) is 4.98 Å². The van der Waals surface area contributed by atoms with Crippen molar-refractivity contribution in [1.82, 2.24) is 9.66 Å². The van der Waals surface area contributed by atoms with Crippen LogP contribution in [0, 0.1) is 6.92 Å². The van der Waals surface area contributed by atoms with Gasteiger partial charge in [0, 0.05) is 5.57 Å². The van der Waals surface area contributed by atoms with Crippen LogP contribution >= 0.6 is 0 Å². The molecule has 8 heteroatoms. The van der Waals surface area contributed by atoms with E-state index in [1.165, 1.54) is 20.8 Å². The van der Waals surface area contributed by atoms with Gasteiger partial charge in [-0.2, -0.15) is 13.1 Å². The summed E-state index contributed by atoms with van der Waals surface area (Å²) in [5.74, 6) is -0.608. The van der Waals surface area contributed by atoms with Crippen molar-refractivity contribution < 1.29 is 13.2 Å². The molecule has 0 fully saturated rings. The SMILES string of the molecule is CC1=C(C)S(=O)(=O)N(n2c(C)nc3ccccc3c2=O)C1=O. The minimum atomic E-state index is -4.04. The van der Waals surface area contributed by atoms with Gasteiger partial charge in [0.05, 0.1) is 15.8 Å². The van der Waals surface area contributed by atoms with Crippen LogP contribution in [0.3, 0.4) is 0 Å². The monoisotopic (exact) mass is 319 g/mol. The van der Waals surface area contributed by atoms with E-state index in [1.807, 2.05) is 0 Å². The molecule has 3 rings (SSSR count). The average Bonchev–Trinajstić information content (AvgIpc) is 2.62. The number of amides is 1. The first kappa shape index (κ1) is 14.5. The summed E-state index contributed by atoms with van der Waals surface area (Å²) in [7, 11) is -4.04. The van der Waals surface area contributed by atoms with E-state index < -0.39 is 21.5 Å². The van der Waals surface area contributed by atoms with Crippen molar-refractivity contribution in [2.75, 3.05) is 4.41 Å². The summed E-state index contributed by atoms with van der Waals surface area (Å²) in [6.45, 7) is 4.25. The summed E-state index contributed by atoms with van der Waals surface area (Å²) in [6, 6.07) is 6.58. The molecular formula is C14H13N3O4S. The highest BCUT2D eigenvalue weighted by Gasteiger charge is 2.42. The first-order chi connectivity index (χ1) is 10.3. The number of carbonyl (C=O) groups is 1. The maximum Gasteiger partial charge on any atom is 0.284 e. The molecule has 0 unspecified atom stereocenters. The number of rotatable bonds is 1. The molecule has 0 N–H and O–H groups in total. The van der Waals surface area contributed by atoms with Crippen LogP contribution in [-0.2, 0) is 14.8 Å². The van der Waals surface area contributed by atoms with Crippen LogP contribution in [0.1, 0.15) is 19.7 Å². The van der Waals surface area contributed by atoms with Gasteiger partial charge in [0.25, 0.3) is 21.5 Å². The summed E-state index contributed by atoms with van der Waals surface area (Å²) in [6.07, 6.45) is 0. The first-order valence-corrected chi connectivity index (χ1v) is 7.96. The highest BCUT2D eigenvalue weighted by molar-refractivity contribution is 7.97. The fourth-order valence-electron chi connectivity index (χ4n) is 2.37. The van der Waals surface area contributed by atoms with Crippen molar-refractivity contribution in [3.05, 3.63) is 50.9 Å². The number of nitrogens with zero attached hydrogens (tertiary/aromatic N) is 3. The van der Waals surface area contributed by atoms with E-state index in [9.17, 15) is 18.0 Å². The van der Waals surface area contributed by atoms with Crippen LogP contribution < -0.4 is 9.97 Å². The Hall–Kier alpha value is -2.48. The second-order valence-corrected chi connectivity index (χ2v) is 6.94. The Labute approximate surface area is 126 Å². The average molecular weight is 319 g/mol. The lowest BCUT2D eigenvalue weighted by Crippen LogP contribution is -2.48. The number of hydrogen-bond acceptors (Lipinski definition) is 5. The third-order valence-corrected chi connectivity index (χ3v) is 5.60. The molecule has 2 aromatic rings. The molecule has 0 atom stereocenters. The Morgan fingerprint density at radius 1 is 1.05 bits per heavy atom. The van der Waals surface area contributed by atoms with Gasteiger partial charge in [-0.15, -0.1) is 4.41 Å². The van der Waals surface area contributed by atoms with Crippen molar-refractivity contribution in [2.24, 2.45) is 0 Å². The zero-order chi connectivity index (χ0) is 16.2. The van der Waals surface area contributed by atoms with Gasteiger partial charge in [-0.3, -0.25) is 9.59 Å². The van der Waals surface area contributed by atoms with Crippen LogP contribution in [-0.4, -0.2) is 24.0 Å². The number of sulfonamides is 1. The summed E-state index contributed by atoms with van der Waals surface area (Å²) >= 11 is 0. The summed E-state index contributed by atoms with van der Waals surface area (Å²) in [5, 5.41) is 0.248. The standard InChI is InChI=1S/C14H13N3O4S/c1-8-9(2)22(20,21)17(13(8)18)16-10(3)15-12-7-5-4-6-11(12)14(16)19/h4-7H,1-3H3. The van der Waals surface area contributed by atoms with Crippen molar-refractivity contribution in [3.63, 3.8) is 0 Å². The zero-order valence-corrected chi connectivity index (χ0v) is 13.0. The highest BCUT2D eigenvalue weighted by Crippen LogP contribution is 2.26. The van der Waals surface area contributed by atoms with E-state index >= 15 is 0 Å². The Bertz CT molecular complexity index is 1020. The molecule has 0 bridgehead atoms. The minimum absolute atomic E-state index is 0.0584. The van der Waals surface area contributed by atoms with Crippen LogP contribution in [0.15, 0.2) is 39.5 Å². The molecule has 1 aromatic carbocycles. The fourth-order valence-corrected chi connectivity index (χ4v) is 3.87. The summed E-state index contributed by atoms with van der Waals surface area (Å²) in [5.41, 5.74) is -0.0475. The number of carbonyl (C=O) groups excluding carboxylic acids is 1. The number of hydrogen-bond donors (Lipinski definition) is 0. The molecule has 1 amide bonds. The highest BCUT2D eigenvalue weighted by atomic mass is 32.2. The van der Waals surface area contributed by atoms with Crippen LogP contribution in [0.4, 0.5) is 0 Å². The van der Waals surface area contributed by atoms with Gasteiger partial charge < -0.3 is 0 Å². The lowest BCUT2D eigenvalue weighted by Gasteiger charge is -2.20. The quantitative estimate of drug-likeness (QED) is 0.776. The molecule has 114 valence electrons. The van der Waals surface area contributed by atoms with E-state index in [4.69, 9.17) is 0 Å². The molecule has 0 radical (unpaired) electrons. The molecule has 22 heavy (non-hydrogen) atoms. The molecule has 1 aliphatic heterocycles. The predicted octanol–water partition coefficient (Wildman–Crippen LogP) is 0.807. The third-order valence-electron chi connectivity index (χ3n) is 3.73. The van der Waals surface area contributed by atoms with Gasteiger partial charge in [0.15, 0.2) is 0 Å². The minimum Gasteiger partial charge on any atom is -0.267 e. The van der Waals surface area contributed by atoms with Gasteiger partial charge in [-0.05, 0) is 32.9 Å². The topological polar surface area (TPSA) is 89.3 Å². The van der Waals surface area contributed by atoms with Crippen molar-refractivity contribution >= 4 is 26.8 Å². The van der Waals surface area contributed by atoms with Crippen molar-refractivity contribution in [1.29, 1.82) is 0 Å². The Kier molecular flexibility index (Phi) is 2.96. The zero-order valence-electron chi connectivity index (χ0n) is 12.2. The first-order valence-electron chi connectivity index (χ1n) is 6.52. The number of allylic oxidation sites excluding steroid dienone is 1. The van der Waals surface area contributed by atoms with Gasteiger partial charge in [0.2, 0.25) is 0 Å². The molecule has 1 aromatic heterocycles. The van der Waals surface area contributed by atoms with Gasteiger partial charge in [-0.1, -0.05) is 12.1 Å². The number of aryl methyl sites for hydroxylation is 1. The lowest BCUT2D eigenvalue weighted by atomic mass is 10.2. The second-order valence-electron chi connectivity index (χ2n) is 5.03. The van der Waals surface area contributed by atoms with E-state index in [2.05, 4.69) is 4.98 Å². The molecule has 0 aliphatic carbocycles. The van der Waals surface area contributed by atoms with E-state index in [0.29, 0.717) is 9.93 Å². The summed E-state index contributed by atoms with van der Waals surface area (Å²) in [4.78, 5) is 29.1. The fraction of sp³-hybridized carbons (Fsp3) is 0.214. The van der Waals surface area contributed by atoms with Crippen molar-refractivity contribution in [2.45, 2.75) is 20.8 Å². The normalized spacial score (nSPS) is 17.6. The van der Waals surface area contributed by atoms with Crippen LogP contribution in [0.25, 0.3) is 10.9 Å². The van der Waals surface area contributed by atoms with E-state index in [-0.39, 0.29) is 21.7 Å². The van der Waals surface area contributed by atoms with Crippen LogP contribution in [0.2, 0.25) is 0 Å². The maximum absolute atomic E-state index is 12.6. The second kappa shape index (κ2) is 4.51. The van der Waals surface area contributed by atoms with Crippen LogP contribution in [0.5, 0.6) is 0 Å². The largest absolute Gasteiger partial charge is 0.284 e. The molecule has 0 spiro atoms. The molecule has 2 heterocycles. The molecule has 0 saturated carbocycles. The number of benzene rings is 1. The Morgan fingerprint density at radius 3 is 2.27 bits per heavy atom.